The Hall–Kier alpha value is -1.19. The van der Waals surface area contributed by atoms with Gasteiger partial charge in [-0.25, -0.2) is 9.66 Å². The van der Waals surface area contributed by atoms with Gasteiger partial charge in [-0.1, -0.05) is 45.4 Å². The molecule has 0 aliphatic carbocycles. The molecule has 0 bridgehead atoms. The van der Waals surface area contributed by atoms with Gasteiger partial charge in [0.25, 0.3) is 0 Å². The van der Waals surface area contributed by atoms with Crippen LogP contribution in [-0.2, 0) is 6.42 Å². The molecule has 16 heavy (non-hydrogen) atoms. The number of imidazole rings is 1. The third kappa shape index (κ3) is 4.13. The summed E-state index contributed by atoms with van der Waals surface area (Å²) < 4.78 is 1.39. The fourth-order valence-electron chi connectivity index (χ4n) is 1.85. The Labute approximate surface area is 98.0 Å². The third-order valence-corrected chi connectivity index (χ3v) is 2.93. The normalized spacial score (nSPS) is 10.8. The smallest absolute Gasteiger partial charge is 0.145 e. The second-order valence-corrected chi connectivity index (χ2v) is 4.36. The molecule has 0 atom stereocenters. The minimum atomic E-state index is 0.603. The quantitative estimate of drug-likeness (QED) is 0.526. The van der Waals surface area contributed by atoms with E-state index in [0.29, 0.717) is 5.82 Å². The lowest BCUT2D eigenvalue weighted by Crippen LogP contribution is -2.10. The zero-order chi connectivity index (χ0) is 11.8. The minimum Gasteiger partial charge on any atom is -0.382 e. The average molecular weight is 224 g/mol. The van der Waals surface area contributed by atoms with Crippen LogP contribution in [0.1, 0.15) is 57.6 Å². The first-order chi connectivity index (χ1) is 7.75. The lowest BCUT2D eigenvalue weighted by molar-refractivity contribution is 0.588. The van der Waals surface area contributed by atoms with Gasteiger partial charge in [0.05, 0.1) is 5.69 Å². The molecule has 92 valence electrons. The van der Waals surface area contributed by atoms with Crippen LogP contribution in [0, 0.1) is 0 Å². The maximum atomic E-state index is 5.76. The molecule has 0 aliphatic rings. The van der Waals surface area contributed by atoms with Crippen molar-refractivity contribution in [3.8, 4) is 0 Å². The predicted octanol–water partition coefficient (Wildman–Crippen LogP) is 2.47. The molecule has 0 amide bonds. The predicted molar refractivity (Wildman–Crippen MR) is 68.5 cm³/mol. The number of nitrogens with zero attached hydrogens (tertiary/aromatic N) is 2. The molecule has 0 saturated carbocycles. The lowest BCUT2D eigenvalue weighted by Gasteiger charge is -2.01. The second kappa shape index (κ2) is 7.14. The van der Waals surface area contributed by atoms with Crippen molar-refractivity contribution < 1.29 is 0 Å². The summed E-state index contributed by atoms with van der Waals surface area (Å²) in [5.74, 6) is 6.16. The van der Waals surface area contributed by atoms with E-state index < -0.39 is 0 Å². The van der Waals surface area contributed by atoms with Crippen LogP contribution in [0.15, 0.2) is 6.33 Å². The van der Waals surface area contributed by atoms with Crippen molar-refractivity contribution in [1.82, 2.24) is 9.66 Å². The van der Waals surface area contributed by atoms with E-state index in [1.54, 1.807) is 6.33 Å². The summed E-state index contributed by atoms with van der Waals surface area (Å²) >= 11 is 0. The average Bonchev–Trinajstić information content (AvgIpc) is 2.59. The Morgan fingerprint density at radius 3 is 2.31 bits per heavy atom. The highest BCUT2D eigenvalue weighted by Gasteiger charge is 2.04. The van der Waals surface area contributed by atoms with Crippen molar-refractivity contribution >= 4 is 5.82 Å². The molecular formula is C12H24N4. The number of nitrogens with two attached hydrogens (primary N) is 2. The highest BCUT2D eigenvalue weighted by Crippen LogP contribution is 2.13. The summed E-state index contributed by atoms with van der Waals surface area (Å²) in [6.45, 7) is 2.24. The molecule has 1 heterocycles. The Bertz CT molecular complexity index is 293. The third-order valence-electron chi connectivity index (χ3n) is 2.93. The maximum Gasteiger partial charge on any atom is 0.145 e. The SMILES string of the molecule is CCCCCCCCCc1ncn(N)c1N. The minimum absolute atomic E-state index is 0.603. The van der Waals surface area contributed by atoms with Gasteiger partial charge in [-0.15, -0.1) is 0 Å². The van der Waals surface area contributed by atoms with Crippen molar-refractivity contribution in [1.29, 1.82) is 0 Å². The summed E-state index contributed by atoms with van der Waals surface area (Å²) in [4.78, 5) is 4.18. The van der Waals surface area contributed by atoms with Gasteiger partial charge in [-0.3, -0.25) is 0 Å². The molecule has 4 N–H and O–H groups in total. The van der Waals surface area contributed by atoms with E-state index in [9.17, 15) is 0 Å². The largest absolute Gasteiger partial charge is 0.382 e. The van der Waals surface area contributed by atoms with Crippen LogP contribution in [0.5, 0.6) is 0 Å². The molecule has 0 saturated heterocycles. The number of aryl methyl sites for hydroxylation is 1. The molecule has 1 rings (SSSR count). The molecule has 0 spiro atoms. The molecule has 1 aromatic rings. The van der Waals surface area contributed by atoms with Crippen molar-refractivity contribution in [3.05, 3.63) is 12.0 Å². The Morgan fingerprint density at radius 1 is 1.12 bits per heavy atom. The number of unbranched alkanes of at least 4 members (excludes halogenated alkanes) is 6. The van der Waals surface area contributed by atoms with Crippen molar-refractivity contribution in [2.45, 2.75) is 58.3 Å². The van der Waals surface area contributed by atoms with E-state index in [0.717, 1.165) is 18.5 Å². The van der Waals surface area contributed by atoms with Crippen LogP contribution in [0.4, 0.5) is 5.82 Å². The summed E-state index contributed by atoms with van der Waals surface area (Å²) in [6, 6.07) is 0. The van der Waals surface area contributed by atoms with E-state index in [-0.39, 0.29) is 0 Å². The first kappa shape index (κ1) is 12.9. The van der Waals surface area contributed by atoms with E-state index in [1.807, 2.05) is 0 Å². The monoisotopic (exact) mass is 224 g/mol. The number of hydrogen-bond donors (Lipinski definition) is 2. The molecule has 0 aromatic carbocycles. The van der Waals surface area contributed by atoms with Gasteiger partial charge in [0, 0.05) is 0 Å². The highest BCUT2D eigenvalue weighted by atomic mass is 15.3. The van der Waals surface area contributed by atoms with Gasteiger partial charge in [0.1, 0.15) is 12.1 Å². The molecule has 0 aliphatic heterocycles. The van der Waals surface area contributed by atoms with Crippen LogP contribution in [0.25, 0.3) is 0 Å². The fraction of sp³-hybridized carbons (Fsp3) is 0.750. The van der Waals surface area contributed by atoms with Gasteiger partial charge in [0.2, 0.25) is 0 Å². The van der Waals surface area contributed by atoms with Crippen molar-refractivity contribution in [3.63, 3.8) is 0 Å². The van der Waals surface area contributed by atoms with Gasteiger partial charge in [0.15, 0.2) is 0 Å². The van der Waals surface area contributed by atoms with E-state index in [1.165, 1.54) is 43.2 Å². The zero-order valence-corrected chi connectivity index (χ0v) is 10.3. The lowest BCUT2D eigenvalue weighted by atomic mass is 10.1. The molecule has 1 aromatic heterocycles. The van der Waals surface area contributed by atoms with E-state index in [4.69, 9.17) is 11.6 Å². The summed E-state index contributed by atoms with van der Waals surface area (Å²) in [5.41, 5.74) is 6.70. The standard InChI is InChI=1S/C12H24N4/c1-2-3-4-5-6-7-8-9-11-12(13)16(14)10-15-11/h10H,2-9,13-14H2,1H3. The number of aromatic nitrogens is 2. The first-order valence-corrected chi connectivity index (χ1v) is 6.32. The van der Waals surface area contributed by atoms with Crippen LogP contribution >= 0.6 is 0 Å². The van der Waals surface area contributed by atoms with Gasteiger partial charge in [-0.05, 0) is 12.8 Å². The van der Waals surface area contributed by atoms with E-state index in [2.05, 4.69) is 11.9 Å². The first-order valence-electron chi connectivity index (χ1n) is 6.32. The number of anilines is 1. The molecule has 0 unspecified atom stereocenters. The summed E-state index contributed by atoms with van der Waals surface area (Å²) in [5, 5.41) is 0. The molecule has 4 heteroatoms. The summed E-state index contributed by atoms with van der Waals surface area (Å²) in [7, 11) is 0. The Kier molecular flexibility index (Phi) is 5.75. The number of nitrogen functional groups attached to an aromatic ring is 2. The van der Waals surface area contributed by atoms with Crippen molar-refractivity contribution in [2.24, 2.45) is 0 Å². The van der Waals surface area contributed by atoms with Crippen molar-refractivity contribution in [2.75, 3.05) is 11.6 Å². The zero-order valence-electron chi connectivity index (χ0n) is 10.3. The Balaban J connectivity index is 2.05. The molecular weight excluding hydrogens is 200 g/mol. The van der Waals surface area contributed by atoms with Crippen LogP contribution < -0.4 is 11.6 Å². The van der Waals surface area contributed by atoms with Crippen LogP contribution in [0.3, 0.4) is 0 Å². The van der Waals surface area contributed by atoms with Crippen LogP contribution in [-0.4, -0.2) is 9.66 Å². The molecule has 0 radical (unpaired) electrons. The Morgan fingerprint density at radius 2 is 1.75 bits per heavy atom. The number of hydrogen-bond acceptors (Lipinski definition) is 3. The molecule has 0 fully saturated rings. The van der Waals surface area contributed by atoms with E-state index >= 15 is 0 Å². The van der Waals surface area contributed by atoms with Crippen LogP contribution in [0.2, 0.25) is 0 Å². The van der Waals surface area contributed by atoms with Gasteiger partial charge >= 0.3 is 0 Å². The fourth-order valence-corrected chi connectivity index (χ4v) is 1.85. The summed E-state index contributed by atoms with van der Waals surface area (Å²) in [6.07, 6.45) is 11.7. The topological polar surface area (TPSA) is 69.9 Å². The molecule has 4 nitrogen and oxygen atoms in total. The van der Waals surface area contributed by atoms with Gasteiger partial charge < -0.3 is 11.6 Å². The maximum absolute atomic E-state index is 5.76. The van der Waals surface area contributed by atoms with Gasteiger partial charge in [-0.2, -0.15) is 0 Å². The highest BCUT2D eigenvalue weighted by molar-refractivity contribution is 5.35. The second-order valence-electron chi connectivity index (χ2n) is 4.36. The number of rotatable bonds is 8.